The number of benzene rings is 1. The second-order valence-electron chi connectivity index (χ2n) is 5.50. The Morgan fingerprint density at radius 1 is 1.20 bits per heavy atom. The second-order valence-corrected chi connectivity index (χ2v) is 5.50. The monoisotopic (exact) mass is 277 g/mol. The zero-order chi connectivity index (χ0) is 14.5. The minimum absolute atomic E-state index is 0.323. The lowest BCUT2D eigenvalue weighted by molar-refractivity contribution is 0.0696. The van der Waals surface area contributed by atoms with Crippen LogP contribution in [0.3, 0.4) is 0 Å². The summed E-state index contributed by atoms with van der Waals surface area (Å²) in [7, 11) is 0. The Kier molecular flexibility index (Phi) is 5.01. The van der Waals surface area contributed by atoms with E-state index in [0.717, 1.165) is 23.4 Å². The molecule has 1 heterocycles. The van der Waals surface area contributed by atoms with Gasteiger partial charge in [0.25, 0.3) is 0 Å². The van der Waals surface area contributed by atoms with Crippen molar-refractivity contribution in [2.45, 2.75) is 33.1 Å². The molecule has 1 aromatic rings. The van der Waals surface area contributed by atoms with Gasteiger partial charge in [-0.25, -0.2) is 4.79 Å². The number of aromatic carboxylic acids is 1. The molecule has 0 spiro atoms. The number of ether oxygens (including phenoxy) is 1. The molecule has 1 saturated heterocycles. The van der Waals surface area contributed by atoms with E-state index in [-0.39, 0.29) is 0 Å². The van der Waals surface area contributed by atoms with Crippen LogP contribution in [-0.4, -0.2) is 42.2 Å². The SMILES string of the molecule is Cc1cc(C(=O)O)cc(C)c1OCCN1CCCCC1. The highest BCUT2D eigenvalue weighted by Gasteiger charge is 2.12. The lowest BCUT2D eigenvalue weighted by Crippen LogP contribution is -2.33. The van der Waals surface area contributed by atoms with Crippen molar-refractivity contribution in [3.05, 3.63) is 28.8 Å². The van der Waals surface area contributed by atoms with Crippen LogP contribution in [0.25, 0.3) is 0 Å². The maximum absolute atomic E-state index is 11.0. The molecule has 2 rings (SSSR count). The Labute approximate surface area is 120 Å². The quantitative estimate of drug-likeness (QED) is 0.899. The summed E-state index contributed by atoms with van der Waals surface area (Å²) in [5.41, 5.74) is 2.10. The van der Waals surface area contributed by atoms with Crippen molar-refractivity contribution in [3.63, 3.8) is 0 Å². The lowest BCUT2D eigenvalue weighted by atomic mass is 10.1. The molecule has 0 amide bonds. The molecule has 20 heavy (non-hydrogen) atoms. The molecule has 0 bridgehead atoms. The van der Waals surface area contributed by atoms with Gasteiger partial charge in [0, 0.05) is 6.54 Å². The Hall–Kier alpha value is -1.55. The third kappa shape index (κ3) is 3.73. The Balaban J connectivity index is 1.93. The molecule has 0 unspecified atom stereocenters. The molecule has 1 aliphatic rings. The second kappa shape index (κ2) is 6.75. The molecule has 1 fully saturated rings. The zero-order valence-corrected chi connectivity index (χ0v) is 12.3. The summed E-state index contributed by atoms with van der Waals surface area (Å²) < 4.78 is 5.87. The first kappa shape index (κ1) is 14.9. The van der Waals surface area contributed by atoms with Crippen LogP contribution in [0, 0.1) is 13.8 Å². The minimum Gasteiger partial charge on any atom is -0.492 e. The van der Waals surface area contributed by atoms with E-state index >= 15 is 0 Å². The smallest absolute Gasteiger partial charge is 0.335 e. The van der Waals surface area contributed by atoms with E-state index in [9.17, 15) is 4.79 Å². The number of piperidine rings is 1. The number of hydrogen-bond acceptors (Lipinski definition) is 3. The molecule has 1 aromatic carbocycles. The highest BCUT2D eigenvalue weighted by Crippen LogP contribution is 2.25. The Morgan fingerprint density at radius 2 is 1.80 bits per heavy atom. The summed E-state index contributed by atoms with van der Waals surface area (Å²) in [6, 6.07) is 3.34. The van der Waals surface area contributed by atoms with Gasteiger partial charge < -0.3 is 9.84 Å². The fourth-order valence-corrected chi connectivity index (χ4v) is 2.76. The molecule has 0 aromatic heterocycles. The van der Waals surface area contributed by atoms with Crippen LogP contribution in [0.4, 0.5) is 0 Å². The molecule has 1 aliphatic heterocycles. The van der Waals surface area contributed by atoms with E-state index in [1.54, 1.807) is 12.1 Å². The van der Waals surface area contributed by atoms with E-state index in [4.69, 9.17) is 9.84 Å². The van der Waals surface area contributed by atoms with Crippen molar-refractivity contribution in [3.8, 4) is 5.75 Å². The molecular formula is C16H23NO3. The van der Waals surface area contributed by atoms with Gasteiger partial charge in [-0.05, 0) is 63.0 Å². The predicted molar refractivity (Wildman–Crippen MR) is 78.7 cm³/mol. The minimum atomic E-state index is -0.893. The summed E-state index contributed by atoms with van der Waals surface area (Å²) >= 11 is 0. The number of aryl methyl sites for hydroxylation is 2. The largest absolute Gasteiger partial charge is 0.492 e. The van der Waals surface area contributed by atoms with Crippen LogP contribution in [0.15, 0.2) is 12.1 Å². The van der Waals surface area contributed by atoms with Crippen LogP contribution in [0.1, 0.15) is 40.7 Å². The third-order valence-electron chi connectivity index (χ3n) is 3.81. The first-order chi connectivity index (χ1) is 9.58. The number of carboxylic acids is 1. The van der Waals surface area contributed by atoms with E-state index in [2.05, 4.69) is 4.90 Å². The molecule has 110 valence electrons. The van der Waals surface area contributed by atoms with Gasteiger partial charge in [0.2, 0.25) is 0 Å². The van der Waals surface area contributed by atoms with E-state index < -0.39 is 5.97 Å². The van der Waals surface area contributed by atoms with Gasteiger partial charge in [-0.2, -0.15) is 0 Å². The lowest BCUT2D eigenvalue weighted by Gasteiger charge is -2.26. The van der Waals surface area contributed by atoms with Crippen molar-refractivity contribution < 1.29 is 14.6 Å². The van der Waals surface area contributed by atoms with Gasteiger partial charge in [-0.3, -0.25) is 4.90 Å². The number of nitrogens with zero attached hydrogens (tertiary/aromatic N) is 1. The molecule has 1 N–H and O–H groups in total. The highest BCUT2D eigenvalue weighted by atomic mass is 16.5. The molecule has 0 radical (unpaired) electrons. The van der Waals surface area contributed by atoms with Gasteiger partial charge in [-0.15, -0.1) is 0 Å². The number of likely N-dealkylation sites (tertiary alicyclic amines) is 1. The van der Waals surface area contributed by atoms with Crippen LogP contribution in [0.2, 0.25) is 0 Å². The summed E-state index contributed by atoms with van der Waals surface area (Å²) in [5.74, 6) is -0.0666. The van der Waals surface area contributed by atoms with Gasteiger partial charge in [-0.1, -0.05) is 6.42 Å². The standard InChI is InChI=1S/C16H23NO3/c1-12-10-14(16(18)19)11-13(2)15(12)20-9-8-17-6-4-3-5-7-17/h10-11H,3-9H2,1-2H3,(H,18,19). The average Bonchev–Trinajstić information content (AvgIpc) is 2.42. The molecule has 0 atom stereocenters. The van der Waals surface area contributed by atoms with Crippen LogP contribution in [0.5, 0.6) is 5.75 Å². The number of carbonyl (C=O) groups is 1. The van der Waals surface area contributed by atoms with Crippen molar-refractivity contribution in [1.29, 1.82) is 0 Å². The number of carboxylic acid groups (broad SMARTS) is 1. The zero-order valence-electron chi connectivity index (χ0n) is 12.3. The maximum Gasteiger partial charge on any atom is 0.335 e. The van der Waals surface area contributed by atoms with Crippen molar-refractivity contribution in [2.24, 2.45) is 0 Å². The number of hydrogen-bond donors (Lipinski definition) is 1. The average molecular weight is 277 g/mol. The van der Waals surface area contributed by atoms with Crippen molar-refractivity contribution in [1.82, 2.24) is 4.90 Å². The van der Waals surface area contributed by atoms with E-state index in [1.807, 2.05) is 13.8 Å². The van der Waals surface area contributed by atoms with E-state index in [1.165, 1.54) is 32.4 Å². The van der Waals surface area contributed by atoms with Crippen molar-refractivity contribution in [2.75, 3.05) is 26.2 Å². The van der Waals surface area contributed by atoms with Crippen LogP contribution >= 0.6 is 0 Å². The fraction of sp³-hybridized carbons (Fsp3) is 0.562. The predicted octanol–water partition coefficient (Wildman–Crippen LogP) is 2.87. The maximum atomic E-state index is 11.0. The first-order valence-corrected chi connectivity index (χ1v) is 7.27. The molecule has 4 nitrogen and oxygen atoms in total. The Bertz CT molecular complexity index is 456. The van der Waals surface area contributed by atoms with Gasteiger partial charge in [0.05, 0.1) is 5.56 Å². The summed E-state index contributed by atoms with van der Waals surface area (Å²) in [6.07, 6.45) is 3.91. The molecule has 4 heteroatoms. The normalized spacial score (nSPS) is 16.1. The molecule has 0 saturated carbocycles. The number of rotatable bonds is 5. The summed E-state index contributed by atoms with van der Waals surface area (Å²) in [6.45, 7) is 7.73. The summed E-state index contributed by atoms with van der Waals surface area (Å²) in [4.78, 5) is 13.4. The molecular weight excluding hydrogens is 254 g/mol. The van der Waals surface area contributed by atoms with Gasteiger partial charge in [0.1, 0.15) is 12.4 Å². The summed E-state index contributed by atoms with van der Waals surface area (Å²) in [5, 5.41) is 9.02. The van der Waals surface area contributed by atoms with Crippen LogP contribution < -0.4 is 4.74 Å². The van der Waals surface area contributed by atoms with E-state index in [0.29, 0.717) is 12.2 Å². The topological polar surface area (TPSA) is 49.8 Å². The third-order valence-corrected chi connectivity index (χ3v) is 3.81. The van der Waals surface area contributed by atoms with Crippen molar-refractivity contribution >= 4 is 5.97 Å². The molecule has 0 aliphatic carbocycles. The Morgan fingerprint density at radius 3 is 2.35 bits per heavy atom. The highest BCUT2D eigenvalue weighted by molar-refractivity contribution is 5.88. The first-order valence-electron chi connectivity index (χ1n) is 7.27. The van der Waals surface area contributed by atoms with Crippen LogP contribution in [-0.2, 0) is 0 Å². The van der Waals surface area contributed by atoms with Gasteiger partial charge in [0.15, 0.2) is 0 Å². The fourth-order valence-electron chi connectivity index (χ4n) is 2.76. The van der Waals surface area contributed by atoms with Gasteiger partial charge >= 0.3 is 5.97 Å².